The fourth-order valence-electron chi connectivity index (χ4n) is 1.05. The highest BCUT2D eigenvalue weighted by Crippen LogP contribution is 2.20. The Morgan fingerprint density at radius 3 is 2.86 bits per heavy atom. The van der Waals surface area contributed by atoms with Crippen LogP contribution in [0, 0.1) is 12.3 Å². The number of hydrogen-bond acceptors (Lipinski definition) is 2. The molecule has 0 saturated heterocycles. The summed E-state index contributed by atoms with van der Waals surface area (Å²) < 4.78 is 0. The summed E-state index contributed by atoms with van der Waals surface area (Å²) in [4.78, 5) is 11.5. The van der Waals surface area contributed by atoms with Crippen LogP contribution in [0.3, 0.4) is 0 Å². The van der Waals surface area contributed by atoms with Crippen LogP contribution < -0.4 is 5.73 Å². The van der Waals surface area contributed by atoms with Crippen LogP contribution >= 0.6 is 11.6 Å². The smallest absolute Gasteiger partial charge is 0.163 e. The van der Waals surface area contributed by atoms with Crippen LogP contribution in [-0.4, -0.2) is 5.78 Å². The second-order valence-electron chi connectivity index (χ2n) is 2.86. The molecule has 0 aliphatic heterocycles. The summed E-state index contributed by atoms with van der Waals surface area (Å²) in [5.74, 6) is 2.41. The molecule has 0 bridgehead atoms. The monoisotopic (exact) mass is 207 g/mol. The molecule has 72 valence electrons. The van der Waals surface area contributed by atoms with Gasteiger partial charge in [0.15, 0.2) is 5.78 Å². The van der Waals surface area contributed by atoms with Crippen molar-refractivity contribution >= 4 is 23.1 Å². The summed E-state index contributed by atoms with van der Waals surface area (Å²) in [5, 5.41) is 0.457. The van der Waals surface area contributed by atoms with Crippen molar-refractivity contribution in [1.82, 2.24) is 0 Å². The molecule has 2 nitrogen and oxygen atoms in total. The Morgan fingerprint density at radius 1 is 1.57 bits per heavy atom. The number of anilines is 1. The van der Waals surface area contributed by atoms with Crippen molar-refractivity contribution in [1.29, 1.82) is 0 Å². The van der Waals surface area contributed by atoms with Crippen LogP contribution in [0.15, 0.2) is 18.2 Å². The quantitative estimate of drug-likeness (QED) is 0.470. The molecule has 0 spiro atoms. The second-order valence-corrected chi connectivity index (χ2v) is 3.27. The minimum absolute atomic E-state index is 0.00804. The molecule has 0 amide bonds. The molecule has 0 aliphatic carbocycles. The van der Waals surface area contributed by atoms with E-state index < -0.39 is 0 Å². The molecule has 0 saturated carbocycles. The van der Waals surface area contributed by atoms with Crippen molar-refractivity contribution in [2.45, 2.75) is 12.8 Å². The molecule has 1 aromatic rings. The number of hydrogen-bond donors (Lipinski definition) is 1. The van der Waals surface area contributed by atoms with Crippen molar-refractivity contribution in [2.75, 3.05) is 5.73 Å². The van der Waals surface area contributed by atoms with E-state index >= 15 is 0 Å². The van der Waals surface area contributed by atoms with Gasteiger partial charge in [0, 0.05) is 18.4 Å². The minimum Gasteiger partial charge on any atom is -0.398 e. The molecule has 14 heavy (non-hydrogen) atoms. The number of benzene rings is 1. The van der Waals surface area contributed by atoms with E-state index in [4.69, 9.17) is 23.8 Å². The van der Waals surface area contributed by atoms with Crippen molar-refractivity contribution in [3.63, 3.8) is 0 Å². The predicted octanol–water partition coefficient (Wildman–Crippen LogP) is 2.52. The molecular formula is C11H10ClNO. The van der Waals surface area contributed by atoms with E-state index in [9.17, 15) is 4.79 Å². The SMILES string of the molecule is C#CCCC(=O)c1ccc(Cl)c(N)c1. The molecule has 0 unspecified atom stereocenters. The second kappa shape index (κ2) is 4.69. The van der Waals surface area contributed by atoms with E-state index in [0.29, 0.717) is 29.1 Å². The Bertz CT molecular complexity index is 393. The van der Waals surface area contributed by atoms with Gasteiger partial charge in [-0.05, 0) is 18.2 Å². The number of carbonyl (C=O) groups excluding carboxylic acids is 1. The van der Waals surface area contributed by atoms with E-state index in [1.54, 1.807) is 18.2 Å². The third kappa shape index (κ3) is 2.51. The standard InChI is InChI=1S/C11H10ClNO/c1-2-3-4-11(14)8-5-6-9(12)10(13)7-8/h1,5-7H,3-4,13H2. The lowest BCUT2D eigenvalue weighted by Gasteiger charge is -2.01. The molecule has 3 heteroatoms. The maximum atomic E-state index is 11.5. The van der Waals surface area contributed by atoms with Gasteiger partial charge >= 0.3 is 0 Å². The van der Waals surface area contributed by atoms with E-state index in [2.05, 4.69) is 5.92 Å². The molecule has 1 aromatic carbocycles. The first-order chi connectivity index (χ1) is 6.65. The molecule has 0 radical (unpaired) electrons. The highest BCUT2D eigenvalue weighted by molar-refractivity contribution is 6.33. The number of halogens is 1. The van der Waals surface area contributed by atoms with Gasteiger partial charge in [-0.25, -0.2) is 0 Å². The van der Waals surface area contributed by atoms with E-state index in [-0.39, 0.29) is 5.78 Å². The van der Waals surface area contributed by atoms with Gasteiger partial charge in [0.25, 0.3) is 0 Å². The average molecular weight is 208 g/mol. The summed E-state index contributed by atoms with van der Waals surface area (Å²) in [6, 6.07) is 4.83. The normalized spacial score (nSPS) is 9.43. The largest absolute Gasteiger partial charge is 0.398 e. The molecule has 0 heterocycles. The molecule has 0 atom stereocenters. The lowest BCUT2D eigenvalue weighted by atomic mass is 10.1. The van der Waals surface area contributed by atoms with Gasteiger partial charge < -0.3 is 5.73 Å². The number of rotatable bonds is 3. The zero-order valence-electron chi connectivity index (χ0n) is 7.59. The number of nitrogens with two attached hydrogens (primary N) is 1. The van der Waals surface area contributed by atoms with Gasteiger partial charge in [-0.1, -0.05) is 11.6 Å². The van der Waals surface area contributed by atoms with Crippen LogP contribution in [0.5, 0.6) is 0 Å². The lowest BCUT2D eigenvalue weighted by molar-refractivity contribution is 0.0984. The zero-order chi connectivity index (χ0) is 10.6. The number of Topliss-reactive ketones (excluding diaryl/α,β-unsaturated/α-hetero) is 1. The summed E-state index contributed by atoms with van der Waals surface area (Å²) in [7, 11) is 0. The van der Waals surface area contributed by atoms with Crippen molar-refractivity contribution in [3.8, 4) is 12.3 Å². The van der Waals surface area contributed by atoms with Crippen molar-refractivity contribution in [3.05, 3.63) is 28.8 Å². The summed E-state index contributed by atoms with van der Waals surface area (Å²) in [6.45, 7) is 0. The third-order valence-electron chi connectivity index (χ3n) is 1.81. The van der Waals surface area contributed by atoms with Crippen LogP contribution in [0.25, 0.3) is 0 Å². The van der Waals surface area contributed by atoms with E-state index in [0.717, 1.165) is 0 Å². The van der Waals surface area contributed by atoms with E-state index in [1.165, 1.54) is 0 Å². The fourth-order valence-corrected chi connectivity index (χ4v) is 1.16. The maximum absolute atomic E-state index is 11.5. The van der Waals surface area contributed by atoms with Gasteiger partial charge in [0.05, 0.1) is 10.7 Å². The first-order valence-electron chi connectivity index (χ1n) is 4.17. The van der Waals surface area contributed by atoms with Crippen LogP contribution in [0.2, 0.25) is 5.02 Å². The Morgan fingerprint density at radius 2 is 2.29 bits per heavy atom. The lowest BCUT2D eigenvalue weighted by Crippen LogP contribution is -1.99. The van der Waals surface area contributed by atoms with Crippen LogP contribution in [0.4, 0.5) is 5.69 Å². The average Bonchev–Trinajstić information content (AvgIpc) is 2.18. The van der Waals surface area contributed by atoms with Gasteiger partial charge in [-0.15, -0.1) is 12.3 Å². The van der Waals surface area contributed by atoms with Gasteiger partial charge in [-0.2, -0.15) is 0 Å². The highest BCUT2D eigenvalue weighted by atomic mass is 35.5. The molecule has 0 aromatic heterocycles. The van der Waals surface area contributed by atoms with Crippen molar-refractivity contribution < 1.29 is 4.79 Å². The Hall–Kier alpha value is -1.46. The molecule has 2 N–H and O–H groups in total. The Balaban J connectivity index is 2.82. The number of carbonyl (C=O) groups is 1. The maximum Gasteiger partial charge on any atom is 0.163 e. The summed E-state index contributed by atoms with van der Waals surface area (Å²) in [6.07, 6.45) is 5.85. The topological polar surface area (TPSA) is 43.1 Å². The Labute approximate surface area is 88.1 Å². The predicted molar refractivity (Wildman–Crippen MR) is 58.3 cm³/mol. The first kappa shape index (κ1) is 10.6. The molecule has 0 aliphatic rings. The fraction of sp³-hybridized carbons (Fsp3) is 0.182. The molecule has 0 fully saturated rings. The highest BCUT2D eigenvalue weighted by Gasteiger charge is 2.06. The van der Waals surface area contributed by atoms with Gasteiger partial charge in [-0.3, -0.25) is 4.79 Å². The van der Waals surface area contributed by atoms with Crippen molar-refractivity contribution in [2.24, 2.45) is 0 Å². The summed E-state index contributed by atoms with van der Waals surface area (Å²) in [5.41, 5.74) is 6.54. The summed E-state index contributed by atoms with van der Waals surface area (Å²) >= 11 is 5.72. The zero-order valence-corrected chi connectivity index (χ0v) is 8.34. The Kier molecular flexibility index (Phi) is 3.55. The van der Waals surface area contributed by atoms with Crippen LogP contribution in [-0.2, 0) is 0 Å². The van der Waals surface area contributed by atoms with E-state index in [1.807, 2.05) is 0 Å². The van der Waals surface area contributed by atoms with Gasteiger partial charge in [0.2, 0.25) is 0 Å². The third-order valence-corrected chi connectivity index (χ3v) is 2.16. The number of nitrogen functional groups attached to an aromatic ring is 1. The minimum atomic E-state index is -0.00804. The van der Waals surface area contributed by atoms with Gasteiger partial charge in [0.1, 0.15) is 0 Å². The molecule has 1 rings (SSSR count). The first-order valence-corrected chi connectivity index (χ1v) is 4.54. The number of ketones is 1. The van der Waals surface area contributed by atoms with Crippen LogP contribution in [0.1, 0.15) is 23.2 Å². The number of terminal acetylenes is 1. The molecular weight excluding hydrogens is 198 g/mol.